The van der Waals surface area contributed by atoms with Crippen LogP contribution in [0.5, 0.6) is 0 Å². The summed E-state index contributed by atoms with van der Waals surface area (Å²) in [6.45, 7) is 3.28. The summed E-state index contributed by atoms with van der Waals surface area (Å²) in [5, 5.41) is 16.1. The van der Waals surface area contributed by atoms with Gasteiger partial charge in [-0.3, -0.25) is 4.79 Å². The van der Waals surface area contributed by atoms with Crippen LogP contribution in [-0.4, -0.2) is 57.4 Å². The normalized spacial score (nSPS) is 14.0. The Hall–Kier alpha value is -3.23. The van der Waals surface area contributed by atoms with E-state index in [0.29, 0.717) is 36.5 Å². The van der Waals surface area contributed by atoms with Gasteiger partial charge in [-0.1, -0.05) is 5.16 Å². The highest BCUT2D eigenvalue weighted by Gasteiger charge is 2.28. The average molecular weight is 512 g/mol. The molecule has 0 atom stereocenters. The maximum atomic E-state index is 13.2. The molecule has 0 spiro atoms. The van der Waals surface area contributed by atoms with Crippen molar-refractivity contribution in [3.05, 3.63) is 46.0 Å². The van der Waals surface area contributed by atoms with E-state index in [1.165, 1.54) is 11.8 Å². The highest BCUT2D eigenvalue weighted by molar-refractivity contribution is 7.99. The highest BCUT2D eigenvalue weighted by Crippen LogP contribution is 2.34. The number of amides is 1. The Morgan fingerprint density at radius 2 is 2.20 bits per heavy atom. The van der Waals surface area contributed by atoms with Gasteiger partial charge in [0.25, 0.3) is 5.91 Å². The fraction of sp³-hybridized carbons (Fsp3) is 0.417. The molecule has 35 heavy (non-hydrogen) atoms. The minimum absolute atomic E-state index is 0.00712. The number of carbonyl (C=O) groups excluding carboxylic acids is 2. The van der Waals surface area contributed by atoms with Crippen molar-refractivity contribution in [2.45, 2.75) is 43.6 Å². The van der Waals surface area contributed by atoms with E-state index in [2.05, 4.69) is 16.2 Å². The van der Waals surface area contributed by atoms with E-state index in [0.717, 1.165) is 35.0 Å². The summed E-state index contributed by atoms with van der Waals surface area (Å²) in [6, 6.07) is 7.29. The van der Waals surface area contributed by atoms with Gasteiger partial charge in [0.2, 0.25) is 0 Å². The third-order valence-electron chi connectivity index (χ3n) is 5.57. The Bertz CT molecular complexity index is 1210. The molecule has 9 nitrogen and oxygen atoms in total. The largest absolute Gasteiger partial charge is 0.461 e. The second-order valence-electron chi connectivity index (χ2n) is 7.90. The van der Waals surface area contributed by atoms with Crippen molar-refractivity contribution in [2.75, 3.05) is 25.4 Å². The van der Waals surface area contributed by atoms with Crippen molar-refractivity contribution in [3.63, 3.8) is 0 Å². The van der Waals surface area contributed by atoms with Gasteiger partial charge in [0, 0.05) is 48.8 Å². The van der Waals surface area contributed by atoms with Gasteiger partial charge in [-0.2, -0.15) is 5.26 Å². The molecule has 0 aromatic carbocycles. The highest BCUT2D eigenvalue weighted by atomic mass is 32.2. The fourth-order valence-electron chi connectivity index (χ4n) is 3.77. The second kappa shape index (κ2) is 12.0. The van der Waals surface area contributed by atoms with Gasteiger partial charge in [0.1, 0.15) is 10.7 Å². The van der Waals surface area contributed by atoms with Crippen LogP contribution < -0.4 is 0 Å². The van der Waals surface area contributed by atoms with Crippen molar-refractivity contribution in [3.8, 4) is 17.5 Å². The molecule has 1 saturated heterocycles. The van der Waals surface area contributed by atoms with Gasteiger partial charge in [-0.15, -0.1) is 23.1 Å². The molecule has 1 amide bonds. The first-order valence-corrected chi connectivity index (χ1v) is 13.3. The summed E-state index contributed by atoms with van der Waals surface area (Å²) < 4.78 is 10.2. The maximum Gasteiger partial charge on any atom is 0.360 e. The number of thioether (sulfide) groups is 1. The van der Waals surface area contributed by atoms with Crippen LogP contribution in [-0.2, 0) is 4.74 Å². The molecule has 182 valence electrons. The summed E-state index contributed by atoms with van der Waals surface area (Å²) in [4.78, 5) is 36.0. The lowest BCUT2D eigenvalue weighted by Gasteiger charge is -2.31. The van der Waals surface area contributed by atoms with Crippen LogP contribution in [0, 0.1) is 11.3 Å². The minimum atomic E-state index is -0.521. The molecule has 0 bridgehead atoms. The molecule has 3 aromatic rings. The predicted molar refractivity (Wildman–Crippen MR) is 131 cm³/mol. The Labute approximate surface area is 211 Å². The number of pyridine rings is 1. The number of unbranched alkanes of at least 4 members (excludes halogenated alkanes) is 1. The van der Waals surface area contributed by atoms with Gasteiger partial charge in [-0.25, -0.2) is 14.8 Å². The summed E-state index contributed by atoms with van der Waals surface area (Å²) in [5.74, 6) is 0.907. The zero-order valence-corrected chi connectivity index (χ0v) is 20.9. The molecular weight excluding hydrogens is 486 g/mol. The lowest BCUT2D eigenvalue weighted by atomic mass is 9.97. The van der Waals surface area contributed by atoms with E-state index in [1.54, 1.807) is 36.6 Å². The first-order chi connectivity index (χ1) is 17.1. The fourth-order valence-corrected chi connectivity index (χ4v) is 5.68. The molecule has 0 unspecified atom stereocenters. The monoisotopic (exact) mass is 511 g/mol. The second-order valence-corrected chi connectivity index (χ2v) is 9.87. The van der Waals surface area contributed by atoms with E-state index in [1.807, 2.05) is 16.3 Å². The average Bonchev–Trinajstić information content (AvgIpc) is 3.57. The summed E-state index contributed by atoms with van der Waals surface area (Å²) >= 11 is 3.07. The molecule has 11 heteroatoms. The molecule has 0 radical (unpaired) electrons. The van der Waals surface area contributed by atoms with Crippen LogP contribution in [0.4, 0.5) is 0 Å². The summed E-state index contributed by atoms with van der Waals surface area (Å²) in [6.07, 6.45) is 4.59. The van der Waals surface area contributed by atoms with Crippen molar-refractivity contribution in [1.29, 1.82) is 5.26 Å². The van der Waals surface area contributed by atoms with Crippen LogP contribution in [0.25, 0.3) is 11.5 Å². The molecule has 4 rings (SSSR count). The van der Waals surface area contributed by atoms with E-state index in [4.69, 9.17) is 19.5 Å². The van der Waals surface area contributed by atoms with Crippen molar-refractivity contribution in [2.24, 2.45) is 0 Å². The molecule has 0 N–H and O–H groups in total. The van der Waals surface area contributed by atoms with Gasteiger partial charge in [0.15, 0.2) is 11.5 Å². The number of hydrogen-bond donors (Lipinski definition) is 0. The Balaban J connectivity index is 1.35. The summed E-state index contributed by atoms with van der Waals surface area (Å²) in [5.41, 5.74) is 1.38. The van der Waals surface area contributed by atoms with E-state index in [-0.39, 0.29) is 24.1 Å². The Kier molecular flexibility index (Phi) is 8.50. The van der Waals surface area contributed by atoms with Gasteiger partial charge >= 0.3 is 5.97 Å². The number of carbonyl (C=O) groups is 2. The SMILES string of the molecule is CCOC(=O)c1cc(-c2csc(C3CCN(C(=O)c4cccnc4SCCCC#N)CC3)n2)on1. The zero-order valence-electron chi connectivity index (χ0n) is 19.3. The quantitative estimate of drug-likeness (QED) is 0.227. The number of thiazole rings is 1. The smallest absolute Gasteiger partial charge is 0.360 e. The van der Waals surface area contributed by atoms with Crippen molar-refractivity contribution < 1.29 is 18.8 Å². The van der Waals surface area contributed by atoms with Gasteiger partial charge < -0.3 is 14.2 Å². The molecule has 1 fully saturated rings. The Morgan fingerprint density at radius 1 is 1.37 bits per heavy atom. The number of esters is 1. The number of rotatable bonds is 9. The van der Waals surface area contributed by atoms with E-state index >= 15 is 0 Å². The van der Waals surface area contributed by atoms with Crippen molar-refractivity contribution >= 4 is 35.0 Å². The van der Waals surface area contributed by atoms with Crippen LogP contribution in [0.2, 0.25) is 0 Å². The number of nitrogens with zero attached hydrogens (tertiary/aromatic N) is 5. The molecule has 1 aliphatic heterocycles. The van der Waals surface area contributed by atoms with E-state index < -0.39 is 5.97 Å². The number of hydrogen-bond acceptors (Lipinski definition) is 10. The van der Waals surface area contributed by atoms with Crippen LogP contribution >= 0.6 is 23.1 Å². The van der Waals surface area contributed by atoms with Crippen LogP contribution in [0.3, 0.4) is 0 Å². The minimum Gasteiger partial charge on any atom is -0.461 e. The van der Waals surface area contributed by atoms with Crippen LogP contribution in [0.1, 0.15) is 64.4 Å². The number of aromatic nitrogens is 3. The zero-order chi connectivity index (χ0) is 24.6. The molecule has 0 saturated carbocycles. The molecule has 4 heterocycles. The van der Waals surface area contributed by atoms with E-state index in [9.17, 15) is 9.59 Å². The molecule has 3 aromatic heterocycles. The van der Waals surface area contributed by atoms with Gasteiger partial charge in [-0.05, 0) is 38.3 Å². The third-order valence-corrected chi connectivity index (χ3v) is 7.67. The van der Waals surface area contributed by atoms with Crippen molar-refractivity contribution in [1.82, 2.24) is 20.0 Å². The van der Waals surface area contributed by atoms with Crippen LogP contribution in [0.15, 0.2) is 39.3 Å². The number of piperidine rings is 1. The third kappa shape index (κ3) is 6.07. The number of ether oxygens (including phenoxy) is 1. The topological polar surface area (TPSA) is 122 Å². The number of likely N-dealkylation sites (tertiary alicyclic amines) is 1. The Morgan fingerprint density at radius 3 is 2.97 bits per heavy atom. The lowest BCUT2D eigenvalue weighted by Crippen LogP contribution is -2.38. The standard InChI is InChI=1S/C24H25N5O4S2/c1-2-32-24(31)18-14-20(33-28-18)19-15-35-21(27-19)16-7-11-29(12-8-16)23(30)17-6-5-10-26-22(17)34-13-4-3-9-25/h5-6,10,14-16H,2-4,7-8,11-13H2,1H3. The lowest BCUT2D eigenvalue weighted by molar-refractivity contribution is 0.0514. The molecule has 0 aliphatic carbocycles. The first-order valence-electron chi connectivity index (χ1n) is 11.4. The van der Waals surface area contributed by atoms with Gasteiger partial charge in [0.05, 0.1) is 23.2 Å². The first kappa shape index (κ1) is 24.9. The summed E-state index contributed by atoms with van der Waals surface area (Å²) in [7, 11) is 0. The maximum absolute atomic E-state index is 13.2. The molecular formula is C24H25N5O4S2. The molecule has 1 aliphatic rings. The number of nitriles is 1. The predicted octanol–water partition coefficient (Wildman–Crippen LogP) is 4.79.